The van der Waals surface area contributed by atoms with Crippen LogP contribution in [0.25, 0.3) is 4.91 Å². The summed E-state index contributed by atoms with van der Waals surface area (Å²) in [6.07, 6.45) is 2.14. The Morgan fingerprint density at radius 3 is 2.59 bits per heavy atom. The van der Waals surface area contributed by atoms with Gasteiger partial charge in [0, 0.05) is 16.2 Å². The second kappa shape index (κ2) is 4.57. The number of fused-ring (bicyclic) bond motifs is 1. The van der Waals surface area contributed by atoms with E-state index in [0.717, 1.165) is 10.9 Å². The maximum absolute atomic E-state index is 4.69. The molecule has 2 rings (SSSR count). The van der Waals surface area contributed by atoms with E-state index in [1.807, 2.05) is 6.07 Å². The van der Waals surface area contributed by atoms with Crippen LogP contribution in [0.15, 0.2) is 35.3 Å². The average molecular weight is 246 g/mol. The Morgan fingerprint density at radius 2 is 1.94 bits per heavy atom. The monoisotopic (exact) mass is 246 g/mol. The highest BCUT2D eigenvalue weighted by Crippen LogP contribution is 2.38. The van der Waals surface area contributed by atoms with Gasteiger partial charge in [0.05, 0.1) is 5.54 Å². The second-order valence-corrected chi connectivity index (χ2v) is 6.04. The molecule has 1 aromatic carbocycles. The standard InChI is InChI=1S/C14H18N2S/c1-5-12-10-8-6-7-9-11(10)15-13(17-12)16-14(2,3)4/h5-9H,1-4H3,(H,15,16)/b12-5-. The van der Waals surface area contributed by atoms with E-state index in [9.17, 15) is 0 Å². The number of hydrogen-bond donors (Lipinski definition) is 1. The molecular formula is C14H18N2S. The number of allylic oxidation sites excluding steroid dienone is 1. The highest BCUT2D eigenvalue weighted by molar-refractivity contribution is 8.22. The average Bonchev–Trinajstić information content (AvgIpc) is 2.25. The third kappa shape index (κ3) is 2.91. The fourth-order valence-corrected chi connectivity index (χ4v) is 2.77. The van der Waals surface area contributed by atoms with Gasteiger partial charge in [-0.25, -0.2) is 0 Å². The smallest absolute Gasteiger partial charge is 0.166 e. The van der Waals surface area contributed by atoms with Crippen LogP contribution in [0, 0.1) is 0 Å². The first-order valence-corrected chi connectivity index (χ1v) is 6.62. The van der Waals surface area contributed by atoms with Crippen LogP contribution in [0.3, 0.4) is 0 Å². The minimum Gasteiger partial charge on any atom is -0.334 e. The van der Waals surface area contributed by atoms with E-state index < -0.39 is 0 Å². The summed E-state index contributed by atoms with van der Waals surface area (Å²) >= 11 is 1.70. The highest BCUT2D eigenvalue weighted by atomic mass is 32.2. The van der Waals surface area contributed by atoms with E-state index in [1.54, 1.807) is 11.8 Å². The molecule has 0 aromatic heterocycles. The minimum absolute atomic E-state index is 0.0551. The van der Waals surface area contributed by atoms with Crippen molar-refractivity contribution in [2.45, 2.75) is 33.2 Å². The molecule has 1 aliphatic rings. The van der Waals surface area contributed by atoms with Gasteiger partial charge in [-0.05, 0) is 33.8 Å². The van der Waals surface area contributed by atoms with Crippen LogP contribution in [0.5, 0.6) is 0 Å². The van der Waals surface area contributed by atoms with Gasteiger partial charge in [-0.3, -0.25) is 4.99 Å². The molecule has 0 unspecified atom stereocenters. The lowest BCUT2D eigenvalue weighted by molar-refractivity contribution is 0.585. The quantitative estimate of drug-likeness (QED) is 0.735. The molecular weight excluding hydrogens is 228 g/mol. The van der Waals surface area contributed by atoms with Gasteiger partial charge in [0.15, 0.2) is 5.17 Å². The van der Waals surface area contributed by atoms with Crippen LogP contribution < -0.4 is 5.32 Å². The van der Waals surface area contributed by atoms with E-state index in [-0.39, 0.29) is 5.54 Å². The SMILES string of the molecule is C/C=C1\SC(=NC(C)(C)C)Nc2ccccc21. The van der Waals surface area contributed by atoms with E-state index in [0.29, 0.717) is 0 Å². The molecule has 2 nitrogen and oxygen atoms in total. The Morgan fingerprint density at radius 1 is 1.24 bits per heavy atom. The first-order valence-electron chi connectivity index (χ1n) is 5.80. The molecule has 0 saturated carbocycles. The summed E-state index contributed by atoms with van der Waals surface area (Å²) in [5.74, 6) is 0. The lowest BCUT2D eigenvalue weighted by Crippen LogP contribution is -2.20. The molecule has 90 valence electrons. The summed E-state index contributed by atoms with van der Waals surface area (Å²) in [7, 11) is 0. The topological polar surface area (TPSA) is 24.4 Å². The number of amidine groups is 1. The molecule has 0 amide bonds. The van der Waals surface area contributed by atoms with Crippen molar-refractivity contribution in [1.82, 2.24) is 0 Å². The Balaban J connectivity index is 2.41. The summed E-state index contributed by atoms with van der Waals surface area (Å²) in [5, 5.41) is 4.37. The molecule has 0 aliphatic carbocycles. The van der Waals surface area contributed by atoms with Crippen molar-refractivity contribution in [1.29, 1.82) is 0 Å². The van der Waals surface area contributed by atoms with Gasteiger partial charge in [0.2, 0.25) is 0 Å². The van der Waals surface area contributed by atoms with Crippen LogP contribution in [-0.2, 0) is 0 Å². The number of rotatable bonds is 0. The van der Waals surface area contributed by atoms with Crippen LogP contribution in [0.2, 0.25) is 0 Å². The molecule has 1 N–H and O–H groups in total. The van der Waals surface area contributed by atoms with Crippen molar-refractivity contribution in [3.63, 3.8) is 0 Å². The Bertz CT molecular complexity index is 481. The Hall–Kier alpha value is -1.22. The first-order chi connectivity index (χ1) is 7.99. The largest absolute Gasteiger partial charge is 0.334 e. The normalized spacial score (nSPS) is 20.2. The summed E-state index contributed by atoms with van der Waals surface area (Å²) in [6.45, 7) is 8.40. The molecule has 0 bridgehead atoms. The summed E-state index contributed by atoms with van der Waals surface area (Å²) in [6, 6.07) is 8.34. The van der Waals surface area contributed by atoms with Crippen molar-refractivity contribution >= 4 is 27.5 Å². The minimum atomic E-state index is -0.0551. The fourth-order valence-electron chi connectivity index (χ4n) is 1.68. The zero-order valence-electron chi connectivity index (χ0n) is 10.7. The van der Waals surface area contributed by atoms with Gasteiger partial charge in [-0.15, -0.1) is 0 Å². The first kappa shape index (κ1) is 12.2. The van der Waals surface area contributed by atoms with Crippen LogP contribution >= 0.6 is 11.8 Å². The molecule has 1 heterocycles. The number of hydrogen-bond acceptors (Lipinski definition) is 2. The third-order valence-corrected chi connectivity index (χ3v) is 3.40. The van der Waals surface area contributed by atoms with E-state index in [4.69, 9.17) is 4.99 Å². The summed E-state index contributed by atoms with van der Waals surface area (Å²) < 4.78 is 0. The van der Waals surface area contributed by atoms with Crippen molar-refractivity contribution in [3.8, 4) is 0 Å². The predicted molar refractivity (Wildman–Crippen MR) is 78.5 cm³/mol. The van der Waals surface area contributed by atoms with E-state index >= 15 is 0 Å². The summed E-state index contributed by atoms with van der Waals surface area (Å²) in [5.41, 5.74) is 2.34. The number of para-hydroxylation sites is 1. The van der Waals surface area contributed by atoms with Gasteiger partial charge < -0.3 is 5.32 Å². The van der Waals surface area contributed by atoms with Gasteiger partial charge in [0.1, 0.15) is 0 Å². The molecule has 0 spiro atoms. The van der Waals surface area contributed by atoms with Crippen molar-refractivity contribution in [2.24, 2.45) is 4.99 Å². The van der Waals surface area contributed by atoms with Crippen LogP contribution in [-0.4, -0.2) is 10.7 Å². The molecule has 0 saturated heterocycles. The zero-order chi connectivity index (χ0) is 12.5. The van der Waals surface area contributed by atoms with Crippen molar-refractivity contribution in [2.75, 3.05) is 5.32 Å². The number of nitrogens with one attached hydrogen (secondary N) is 1. The number of anilines is 1. The molecule has 1 aromatic rings. The molecule has 0 atom stereocenters. The van der Waals surface area contributed by atoms with Crippen LogP contribution in [0.4, 0.5) is 5.69 Å². The lowest BCUT2D eigenvalue weighted by Gasteiger charge is -2.24. The van der Waals surface area contributed by atoms with Gasteiger partial charge in [-0.1, -0.05) is 36.0 Å². The van der Waals surface area contributed by atoms with E-state index in [1.165, 1.54) is 10.5 Å². The van der Waals surface area contributed by atoms with Gasteiger partial charge in [0.25, 0.3) is 0 Å². The fraction of sp³-hybridized carbons (Fsp3) is 0.357. The maximum Gasteiger partial charge on any atom is 0.166 e. The highest BCUT2D eigenvalue weighted by Gasteiger charge is 2.20. The van der Waals surface area contributed by atoms with Gasteiger partial charge in [-0.2, -0.15) is 0 Å². The Kier molecular flexibility index (Phi) is 3.29. The number of benzene rings is 1. The molecule has 0 fully saturated rings. The number of nitrogens with zero attached hydrogens (tertiary/aromatic N) is 1. The second-order valence-electron chi connectivity index (χ2n) is 5.01. The number of aliphatic imine (C=N–C) groups is 1. The molecule has 3 heteroatoms. The molecule has 1 aliphatic heterocycles. The lowest BCUT2D eigenvalue weighted by atomic mass is 10.1. The number of thioether (sulfide) groups is 1. The van der Waals surface area contributed by atoms with E-state index in [2.05, 4.69) is 57.3 Å². The zero-order valence-corrected chi connectivity index (χ0v) is 11.6. The third-order valence-electron chi connectivity index (χ3n) is 2.34. The predicted octanol–water partition coefficient (Wildman–Crippen LogP) is 4.36. The van der Waals surface area contributed by atoms with Crippen molar-refractivity contribution in [3.05, 3.63) is 35.9 Å². The van der Waals surface area contributed by atoms with Gasteiger partial charge >= 0.3 is 0 Å². The molecule has 0 radical (unpaired) electrons. The van der Waals surface area contributed by atoms with Crippen LogP contribution in [0.1, 0.15) is 33.3 Å². The summed E-state index contributed by atoms with van der Waals surface area (Å²) in [4.78, 5) is 5.96. The Labute approximate surface area is 107 Å². The molecule has 17 heavy (non-hydrogen) atoms. The van der Waals surface area contributed by atoms with Crippen molar-refractivity contribution < 1.29 is 0 Å². The maximum atomic E-state index is 4.69.